The third-order valence-corrected chi connectivity index (χ3v) is 5.15. The van der Waals surface area contributed by atoms with E-state index in [1.54, 1.807) is 4.68 Å². The van der Waals surface area contributed by atoms with Crippen LogP contribution < -0.4 is 5.32 Å². The predicted molar refractivity (Wildman–Crippen MR) is 85.7 cm³/mol. The highest BCUT2D eigenvalue weighted by Crippen LogP contribution is 2.21. The fourth-order valence-electron chi connectivity index (χ4n) is 2.39. The SMILES string of the molecule is Cc1cc(NC(=O)CN2CCS(=O)(=O)CC2)n(C(C)(C)C)n1. The Labute approximate surface area is 131 Å². The van der Waals surface area contributed by atoms with Crippen LogP contribution in [0.1, 0.15) is 26.5 Å². The number of nitrogens with zero attached hydrogens (tertiary/aromatic N) is 3. The number of rotatable bonds is 3. The van der Waals surface area contributed by atoms with Gasteiger partial charge in [-0.25, -0.2) is 13.1 Å². The van der Waals surface area contributed by atoms with Gasteiger partial charge in [-0.2, -0.15) is 5.10 Å². The van der Waals surface area contributed by atoms with Crippen molar-refractivity contribution in [2.75, 3.05) is 36.5 Å². The molecule has 0 unspecified atom stereocenters. The van der Waals surface area contributed by atoms with E-state index in [0.717, 1.165) is 5.69 Å². The Morgan fingerprint density at radius 3 is 2.45 bits per heavy atom. The first kappa shape index (κ1) is 17.0. The monoisotopic (exact) mass is 328 g/mol. The molecular formula is C14H24N4O3S. The van der Waals surface area contributed by atoms with Gasteiger partial charge < -0.3 is 5.32 Å². The molecule has 1 aliphatic rings. The Kier molecular flexibility index (Phi) is 4.62. The summed E-state index contributed by atoms with van der Waals surface area (Å²) in [5.74, 6) is 0.767. The zero-order chi connectivity index (χ0) is 16.5. The topological polar surface area (TPSA) is 84.3 Å². The minimum atomic E-state index is -2.92. The van der Waals surface area contributed by atoms with Gasteiger partial charge in [0.25, 0.3) is 0 Å². The molecule has 0 atom stereocenters. The highest BCUT2D eigenvalue weighted by Gasteiger charge is 2.24. The molecule has 2 heterocycles. The van der Waals surface area contributed by atoms with Gasteiger partial charge in [0, 0.05) is 19.2 Å². The van der Waals surface area contributed by atoms with Crippen LogP contribution in [0.5, 0.6) is 0 Å². The second-order valence-electron chi connectivity index (χ2n) is 6.73. The molecule has 0 saturated carbocycles. The number of anilines is 1. The van der Waals surface area contributed by atoms with Gasteiger partial charge in [-0.05, 0) is 27.7 Å². The first-order chi connectivity index (χ1) is 10.1. The van der Waals surface area contributed by atoms with Gasteiger partial charge in [-0.3, -0.25) is 9.69 Å². The van der Waals surface area contributed by atoms with E-state index in [2.05, 4.69) is 10.4 Å². The van der Waals surface area contributed by atoms with Crippen molar-refractivity contribution in [3.8, 4) is 0 Å². The van der Waals surface area contributed by atoms with Crippen molar-refractivity contribution < 1.29 is 13.2 Å². The van der Waals surface area contributed by atoms with Crippen molar-refractivity contribution in [3.05, 3.63) is 11.8 Å². The van der Waals surface area contributed by atoms with E-state index in [1.165, 1.54) is 0 Å². The first-order valence-electron chi connectivity index (χ1n) is 7.37. The fraction of sp³-hybridized carbons (Fsp3) is 0.714. The molecule has 0 radical (unpaired) electrons. The van der Waals surface area contributed by atoms with E-state index >= 15 is 0 Å². The number of hydrogen-bond donors (Lipinski definition) is 1. The molecule has 124 valence electrons. The number of carbonyl (C=O) groups excluding carboxylic acids is 1. The number of nitrogens with one attached hydrogen (secondary N) is 1. The number of amides is 1. The fourth-order valence-corrected chi connectivity index (χ4v) is 3.67. The van der Waals surface area contributed by atoms with Crippen LogP contribution in [0.3, 0.4) is 0 Å². The minimum absolute atomic E-state index is 0.124. The molecule has 22 heavy (non-hydrogen) atoms. The molecule has 0 aliphatic carbocycles. The third-order valence-electron chi connectivity index (χ3n) is 3.54. The lowest BCUT2D eigenvalue weighted by molar-refractivity contribution is -0.117. The van der Waals surface area contributed by atoms with Crippen molar-refractivity contribution in [2.24, 2.45) is 0 Å². The lowest BCUT2D eigenvalue weighted by Gasteiger charge is -2.26. The van der Waals surface area contributed by atoms with Crippen LogP contribution >= 0.6 is 0 Å². The van der Waals surface area contributed by atoms with E-state index in [-0.39, 0.29) is 29.5 Å². The summed E-state index contributed by atoms with van der Waals surface area (Å²) in [5.41, 5.74) is 0.616. The van der Waals surface area contributed by atoms with Crippen molar-refractivity contribution in [3.63, 3.8) is 0 Å². The van der Waals surface area contributed by atoms with E-state index < -0.39 is 9.84 Å². The first-order valence-corrected chi connectivity index (χ1v) is 9.19. The summed E-state index contributed by atoms with van der Waals surface area (Å²) < 4.78 is 24.6. The Morgan fingerprint density at radius 1 is 1.32 bits per heavy atom. The number of sulfone groups is 1. The summed E-state index contributed by atoms with van der Waals surface area (Å²) in [6, 6.07) is 1.84. The summed E-state index contributed by atoms with van der Waals surface area (Å²) in [7, 11) is -2.92. The highest BCUT2D eigenvalue weighted by molar-refractivity contribution is 7.91. The normalized spacial score (nSPS) is 19.1. The maximum absolute atomic E-state index is 12.2. The molecule has 1 aromatic heterocycles. The molecule has 1 N–H and O–H groups in total. The standard InChI is InChI=1S/C14H24N4O3S/c1-11-9-12(18(16-11)14(2,3)4)15-13(19)10-17-5-7-22(20,21)8-6-17/h9H,5-8,10H2,1-4H3,(H,15,19). The van der Waals surface area contributed by atoms with Crippen molar-refractivity contribution >= 4 is 21.6 Å². The molecule has 0 spiro atoms. The lowest BCUT2D eigenvalue weighted by Crippen LogP contribution is -2.44. The smallest absolute Gasteiger partial charge is 0.239 e. The third kappa shape index (κ3) is 4.30. The van der Waals surface area contributed by atoms with Crippen molar-refractivity contribution in [1.82, 2.24) is 14.7 Å². The van der Waals surface area contributed by atoms with Gasteiger partial charge in [-0.15, -0.1) is 0 Å². The van der Waals surface area contributed by atoms with Crippen LogP contribution in [-0.2, 0) is 20.2 Å². The zero-order valence-corrected chi connectivity index (χ0v) is 14.4. The average molecular weight is 328 g/mol. The van der Waals surface area contributed by atoms with Gasteiger partial charge in [-0.1, -0.05) is 0 Å². The quantitative estimate of drug-likeness (QED) is 0.879. The van der Waals surface area contributed by atoms with Crippen LogP contribution in [0.15, 0.2) is 6.07 Å². The largest absolute Gasteiger partial charge is 0.310 e. The number of hydrogen-bond acceptors (Lipinski definition) is 5. The summed E-state index contributed by atoms with van der Waals surface area (Å²) in [6.07, 6.45) is 0. The van der Waals surface area contributed by atoms with E-state index in [4.69, 9.17) is 0 Å². The van der Waals surface area contributed by atoms with Crippen LogP contribution in [-0.4, -0.2) is 60.1 Å². The summed E-state index contributed by atoms with van der Waals surface area (Å²) in [6.45, 7) is 8.96. The van der Waals surface area contributed by atoms with Crippen LogP contribution in [0, 0.1) is 6.92 Å². The van der Waals surface area contributed by atoms with Gasteiger partial charge in [0.2, 0.25) is 5.91 Å². The maximum Gasteiger partial charge on any atom is 0.239 e. The molecule has 2 rings (SSSR count). The zero-order valence-electron chi connectivity index (χ0n) is 13.6. The Bertz CT molecular complexity index is 644. The van der Waals surface area contributed by atoms with Crippen LogP contribution in [0.25, 0.3) is 0 Å². The van der Waals surface area contributed by atoms with Gasteiger partial charge in [0.1, 0.15) is 5.82 Å². The number of aromatic nitrogens is 2. The minimum Gasteiger partial charge on any atom is -0.310 e. The van der Waals surface area contributed by atoms with Gasteiger partial charge in [0.05, 0.1) is 29.3 Å². The molecule has 1 amide bonds. The molecule has 0 bridgehead atoms. The molecule has 0 aromatic carbocycles. The van der Waals surface area contributed by atoms with E-state index in [9.17, 15) is 13.2 Å². The Balaban J connectivity index is 1.99. The average Bonchev–Trinajstić information content (AvgIpc) is 2.73. The highest BCUT2D eigenvalue weighted by atomic mass is 32.2. The maximum atomic E-state index is 12.2. The van der Waals surface area contributed by atoms with Gasteiger partial charge in [0.15, 0.2) is 9.84 Å². The van der Waals surface area contributed by atoms with Crippen molar-refractivity contribution in [1.29, 1.82) is 0 Å². The molecule has 8 heteroatoms. The predicted octanol–water partition coefficient (Wildman–Crippen LogP) is 0.615. The lowest BCUT2D eigenvalue weighted by atomic mass is 10.1. The van der Waals surface area contributed by atoms with Crippen molar-refractivity contribution in [2.45, 2.75) is 33.2 Å². The summed E-state index contributed by atoms with van der Waals surface area (Å²) in [4.78, 5) is 14.0. The molecule has 1 fully saturated rings. The van der Waals surface area contributed by atoms with Crippen LogP contribution in [0.4, 0.5) is 5.82 Å². The Morgan fingerprint density at radius 2 is 1.91 bits per heavy atom. The Hall–Kier alpha value is -1.41. The van der Waals surface area contributed by atoms with E-state index in [0.29, 0.717) is 18.9 Å². The molecular weight excluding hydrogens is 304 g/mol. The summed E-state index contributed by atoms with van der Waals surface area (Å²) in [5, 5.41) is 7.29. The molecule has 1 saturated heterocycles. The number of carbonyl (C=O) groups is 1. The van der Waals surface area contributed by atoms with Crippen LogP contribution in [0.2, 0.25) is 0 Å². The van der Waals surface area contributed by atoms with Gasteiger partial charge >= 0.3 is 0 Å². The summed E-state index contributed by atoms with van der Waals surface area (Å²) >= 11 is 0. The second kappa shape index (κ2) is 6.00. The number of aryl methyl sites for hydroxylation is 1. The molecule has 7 nitrogen and oxygen atoms in total. The molecule has 1 aromatic rings. The van der Waals surface area contributed by atoms with E-state index in [1.807, 2.05) is 38.7 Å². The molecule has 1 aliphatic heterocycles. The second-order valence-corrected chi connectivity index (χ2v) is 9.03.